The van der Waals surface area contributed by atoms with Crippen LogP contribution in [0.2, 0.25) is 0 Å². The Morgan fingerprint density at radius 2 is 2.00 bits per heavy atom. The van der Waals surface area contributed by atoms with Gasteiger partial charge >= 0.3 is 0 Å². The van der Waals surface area contributed by atoms with Crippen LogP contribution in [0.3, 0.4) is 0 Å². The smallest absolute Gasteiger partial charge is 0.226 e. The highest BCUT2D eigenvalue weighted by Gasteiger charge is 2.26. The number of hydrogen-bond donors (Lipinski definition) is 1. The van der Waals surface area contributed by atoms with E-state index in [1.165, 1.54) is 0 Å². The SMILES string of the molecule is CSCC(C)C(=O)N1CCC(C(C)N)CC1. The van der Waals surface area contributed by atoms with Gasteiger partial charge in [-0.25, -0.2) is 0 Å². The van der Waals surface area contributed by atoms with Gasteiger partial charge in [0, 0.05) is 30.8 Å². The number of amides is 1. The minimum atomic E-state index is 0.154. The second-order valence-corrected chi connectivity index (χ2v) is 5.79. The number of carbonyl (C=O) groups is 1. The highest BCUT2D eigenvalue weighted by atomic mass is 32.2. The third-order valence-electron chi connectivity index (χ3n) is 3.43. The number of thioether (sulfide) groups is 1. The summed E-state index contributed by atoms with van der Waals surface area (Å²) in [6, 6.07) is 0.265. The van der Waals surface area contributed by atoms with E-state index in [1.54, 1.807) is 11.8 Å². The van der Waals surface area contributed by atoms with Crippen molar-refractivity contribution in [2.45, 2.75) is 32.7 Å². The lowest BCUT2D eigenvalue weighted by molar-refractivity contribution is -0.135. The summed E-state index contributed by atoms with van der Waals surface area (Å²) in [5, 5.41) is 0. The summed E-state index contributed by atoms with van der Waals surface area (Å²) < 4.78 is 0. The molecule has 4 heteroatoms. The molecule has 1 amide bonds. The third kappa shape index (κ3) is 3.67. The van der Waals surface area contributed by atoms with Crippen LogP contribution in [0.1, 0.15) is 26.7 Å². The largest absolute Gasteiger partial charge is 0.342 e. The van der Waals surface area contributed by atoms with Crippen molar-refractivity contribution in [3.05, 3.63) is 0 Å². The molecule has 0 aliphatic carbocycles. The molecular weight excluding hydrogens is 220 g/mol. The number of piperidine rings is 1. The molecule has 0 spiro atoms. The molecule has 0 saturated carbocycles. The van der Waals surface area contributed by atoms with Crippen LogP contribution < -0.4 is 5.73 Å². The standard InChI is InChI=1S/C12H24N2OS/c1-9(8-16-3)12(15)14-6-4-11(5-7-14)10(2)13/h9-11H,4-8,13H2,1-3H3. The van der Waals surface area contributed by atoms with Gasteiger partial charge in [0.15, 0.2) is 0 Å². The topological polar surface area (TPSA) is 46.3 Å². The van der Waals surface area contributed by atoms with E-state index in [4.69, 9.17) is 5.73 Å². The Kier molecular flexibility index (Phi) is 5.62. The summed E-state index contributed by atoms with van der Waals surface area (Å²) in [5.74, 6) is 1.99. The first-order valence-corrected chi connectivity index (χ1v) is 7.49. The number of rotatable bonds is 4. The molecule has 2 atom stereocenters. The van der Waals surface area contributed by atoms with Crippen molar-refractivity contribution in [3.8, 4) is 0 Å². The molecule has 0 aromatic heterocycles. The maximum atomic E-state index is 12.0. The molecule has 1 rings (SSSR count). The average molecular weight is 244 g/mol. The number of likely N-dealkylation sites (tertiary alicyclic amines) is 1. The van der Waals surface area contributed by atoms with Crippen molar-refractivity contribution < 1.29 is 4.79 Å². The molecule has 1 fully saturated rings. The lowest BCUT2D eigenvalue weighted by atomic mass is 9.90. The molecule has 16 heavy (non-hydrogen) atoms. The van der Waals surface area contributed by atoms with Gasteiger partial charge in [0.25, 0.3) is 0 Å². The monoisotopic (exact) mass is 244 g/mol. The molecule has 1 saturated heterocycles. The summed E-state index contributed by atoms with van der Waals surface area (Å²) in [6.45, 7) is 5.88. The Morgan fingerprint density at radius 1 is 1.44 bits per heavy atom. The molecule has 1 aliphatic heterocycles. The summed E-state index contributed by atoms with van der Waals surface area (Å²) in [5.41, 5.74) is 5.89. The van der Waals surface area contributed by atoms with Crippen molar-refractivity contribution >= 4 is 17.7 Å². The van der Waals surface area contributed by atoms with Crippen LogP contribution in [0, 0.1) is 11.8 Å². The summed E-state index contributed by atoms with van der Waals surface area (Å²) in [6.07, 6.45) is 4.18. The van der Waals surface area contributed by atoms with Gasteiger partial charge in [-0.2, -0.15) is 11.8 Å². The Bertz CT molecular complexity index is 225. The predicted octanol–water partition coefficient (Wildman–Crippen LogP) is 1.57. The second kappa shape index (κ2) is 6.50. The van der Waals surface area contributed by atoms with Gasteiger partial charge in [-0.1, -0.05) is 6.92 Å². The van der Waals surface area contributed by atoms with Crippen LogP contribution in [0.5, 0.6) is 0 Å². The van der Waals surface area contributed by atoms with Crippen molar-refractivity contribution in [3.63, 3.8) is 0 Å². The van der Waals surface area contributed by atoms with Crippen LogP contribution in [0.4, 0.5) is 0 Å². The molecule has 0 radical (unpaired) electrons. The quantitative estimate of drug-likeness (QED) is 0.816. The van der Waals surface area contributed by atoms with E-state index in [1.807, 2.05) is 18.1 Å². The predicted molar refractivity (Wildman–Crippen MR) is 70.5 cm³/mol. The van der Waals surface area contributed by atoms with E-state index < -0.39 is 0 Å². The first-order chi connectivity index (χ1) is 7.56. The minimum Gasteiger partial charge on any atom is -0.342 e. The molecule has 1 heterocycles. The van der Waals surface area contributed by atoms with Gasteiger partial charge in [0.05, 0.1) is 0 Å². The van der Waals surface area contributed by atoms with Crippen molar-refractivity contribution in [2.24, 2.45) is 17.6 Å². The average Bonchev–Trinajstić information content (AvgIpc) is 2.28. The zero-order chi connectivity index (χ0) is 12.1. The molecular formula is C12H24N2OS. The number of nitrogens with zero attached hydrogens (tertiary/aromatic N) is 1. The van der Waals surface area contributed by atoms with Crippen LogP contribution >= 0.6 is 11.8 Å². The first-order valence-electron chi connectivity index (χ1n) is 6.09. The van der Waals surface area contributed by atoms with Crippen molar-refractivity contribution in [2.75, 3.05) is 25.1 Å². The molecule has 1 aliphatic rings. The maximum absolute atomic E-state index is 12.0. The minimum absolute atomic E-state index is 0.154. The molecule has 94 valence electrons. The zero-order valence-corrected chi connectivity index (χ0v) is 11.4. The summed E-state index contributed by atoms with van der Waals surface area (Å²) in [7, 11) is 0. The van der Waals surface area contributed by atoms with E-state index in [-0.39, 0.29) is 12.0 Å². The molecule has 0 aromatic rings. The maximum Gasteiger partial charge on any atom is 0.226 e. The summed E-state index contributed by atoms with van der Waals surface area (Å²) >= 11 is 1.74. The molecule has 2 N–H and O–H groups in total. The summed E-state index contributed by atoms with van der Waals surface area (Å²) in [4.78, 5) is 14.1. The van der Waals surface area contributed by atoms with Crippen LogP contribution in [0.15, 0.2) is 0 Å². The number of carbonyl (C=O) groups excluding carboxylic acids is 1. The van der Waals surface area contributed by atoms with Gasteiger partial charge in [0.2, 0.25) is 5.91 Å². The van der Waals surface area contributed by atoms with Gasteiger partial charge in [-0.15, -0.1) is 0 Å². The van der Waals surface area contributed by atoms with E-state index in [0.717, 1.165) is 31.7 Å². The fraction of sp³-hybridized carbons (Fsp3) is 0.917. The van der Waals surface area contributed by atoms with Gasteiger partial charge < -0.3 is 10.6 Å². The Hall–Kier alpha value is -0.220. The van der Waals surface area contributed by atoms with Crippen LogP contribution in [-0.4, -0.2) is 41.9 Å². The van der Waals surface area contributed by atoms with Gasteiger partial charge in [0.1, 0.15) is 0 Å². The highest BCUT2D eigenvalue weighted by molar-refractivity contribution is 7.98. The highest BCUT2D eigenvalue weighted by Crippen LogP contribution is 2.21. The number of hydrogen-bond acceptors (Lipinski definition) is 3. The van der Waals surface area contributed by atoms with Crippen LogP contribution in [-0.2, 0) is 4.79 Å². The van der Waals surface area contributed by atoms with E-state index in [2.05, 4.69) is 6.92 Å². The van der Waals surface area contributed by atoms with Crippen LogP contribution in [0.25, 0.3) is 0 Å². The molecule has 3 nitrogen and oxygen atoms in total. The fourth-order valence-corrected chi connectivity index (χ4v) is 2.92. The molecule has 0 bridgehead atoms. The third-order valence-corrected chi connectivity index (χ3v) is 4.27. The second-order valence-electron chi connectivity index (χ2n) is 4.88. The molecule has 2 unspecified atom stereocenters. The van der Waals surface area contributed by atoms with E-state index in [9.17, 15) is 4.79 Å². The lowest BCUT2D eigenvalue weighted by Gasteiger charge is -2.35. The fourth-order valence-electron chi connectivity index (χ4n) is 2.28. The van der Waals surface area contributed by atoms with Crippen molar-refractivity contribution in [1.29, 1.82) is 0 Å². The van der Waals surface area contributed by atoms with Gasteiger partial charge in [-0.3, -0.25) is 4.79 Å². The number of nitrogens with two attached hydrogens (primary N) is 1. The molecule has 0 aromatic carbocycles. The zero-order valence-electron chi connectivity index (χ0n) is 10.6. The Labute approximate surface area is 103 Å². The Morgan fingerprint density at radius 3 is 2.44 bits per heavy atom. The first kappa shape index (κ1) is 13.8. The van der Waals surface area contributed by atoms with Gasteiger partial charge in [-0.05, 0) is 31.9 Å². The van der Waals surface area contributed by atoms with E-state index in [0.29, 0.717) is 11.8 Å². The van der Waals surface area contributed by atoms with Crippen molar-refractivity contribution in [1.82, 2.24) is 4.90 Å². The lowest BCUT2D eigenvalue weighted by Crippen LogP contribution is -2.44. The Balaban J connectivity index is 2.38. The normalized spacial score (nSPS) is 21.9. The van der Waals surface area contributed by atoms with E-state index >= 15 is 0 Å².